The maximum Gasteiger partial charge on any atom is 0.330 e. The zero-order chi connectivity index (χ0) is 26.2. The van der Waals surface area contributed by atoms with Crippen LogP contribution in [0.2, 0.25) is 5.02 Å². The number of benzene rings is 2. The van der Waals surface area contributed by atoms with E-state index < -0.39 is 29.8 Å². The van der Waals surface area contributed by atoms with E-state index in [2.05, 4.69) is 11.0 Å². The van der Waals surface area contributed by atoms with Crippen LogP contribution in [-0.4, -0.2) is 54.4 Å². The minimum atomic E-state index is -1.02. The topological polar surface area (TPSA) is 59.0 Å². The number of β-amino-alcohol motifs (C(OH)–C–C–N with tert-alkyl or cyclic N) is 1. The fraction of sp³-hybridized carbons (Fsp3) is 0.464. The van der Waals surface area contributed by atoms with E-state index >= 15 is 0 Å². The molecule has 1 heterocycles. The van der Waals surface area contributed by atoms with E-state index in [4.69, 9.17) is 21.1 Å². The van der Waals surface area contributed by atoms with Gasteiger partial charge < -0.3 is 14.6 Å². The summed E-state index contributed by atoms with van der Waals surface area (Å²) in [7, 11) is 0. The molecule has 0 aliphatic carbocycles. The quantitative estimate of drug-likeness (QED) is 0.306. The summed E-state index contributed by atoms with van der Waals surface area (Å²) in [5.41, 5.74) is 2.90. The molecule has 0 aromatic heterocycles. The van der Waals surface area contributed by atoms with Gasteiger partial charge in [-0.15, -0.1) is 0 Å². The fourth-order valence-corrected chi connectivity index (χ4v) is 4.70. The monoisotopic (exact) mass is 521 g/mol. The van der Waals surface area contributed by atoms with Gasteiger partial charge in [-0.2, -0.15) is 0 Å². The Bertz CT molecular complexity index is 1080. The molecule has 0 bridgehead atoms. The standard InChI is InChI=1S/C28H34ClF2NO4/c1-4-35-28(34)10-9-21-14-26(30)27(31)15-24(21)19(3)36-17-23(33)16-32-11-5-6-22(32)12-20-8-7-18(2)25(29)13-20/h7-10,13-15,19,22-23,33H,4-6,11-12,16-17H2,1-3H3/b10-9+/t19-,22+,23-/m1/s1. The van der Waals surface area contributed by atoms with Gasteiger partial charge in [0, 0.05) is 23.7 Å². The predicted molar refractivity (Wildman–Crippen MR) is 137 cm³/mol. The summed E-state index contributed by atoms with van der Waals surface area (Å²) in [5, 5.41) is 11.4. The highest BCUT2D eigenvalue weighted by Crippen LogP contribution is 2.27. The number of nitrogens with zero attached hydrogens (tertiary/aromatic N) is 1. The Morgan fingerprint density at radius 3 is 2.75 bits per heavy atom. The summed E-state index contributed by atoms with van der Waals surface area (Å²) in [4.78, 5) is 13.9. The average Bonchev–Trinajstić information content (AvgIpc) is 3.26. The summed E-state index contributed by atoms with van der Waals surface area (Å²) in [6, 6.07) is 8.50. The number of rotatable bonds is 11. The van der Waals surface area contributed by atoms with Gasteiger partial charge in [-0.05, 0) is 93.1 Å². The van der Waals surface area contributed by atoms with E-state index in [1.165, 1.54) is 11.6 Å². The second kappa shape index (κ2) is 13.3. The maximum absolute atomic E-state index is 14.0. The molecule has 3 rings (SSSR count). The lowest BCUT2D eigenvalue weighted by Crippen LogP contribution is -2.39. The first-order chi connectivity index (χ1) is 17.2. The molecule has 0 radical (unpaired) electrons. The summed E-state index contributed by atoms with van der Waals surface area (Å²) < 4.78 is 38.5. The van der Waals surface area contributed by atoms with Crippen LogP contribution >= 0.6 is 11.6 Å². The first kappa shape index (κ1) is 28.3. The number of likely N-dealkylation sites (tertiary alicyclic amines) is 1. The Morgan fingerprint density at radius 2 is 2.03 bits per heavy atom. The van der Waals surface area contributed by atoms with Crippen molar-refractivity contribution in [1.29, 1.82) is 0 Å². The van der Waals surface area contributed by atoms with Gasteiger partial charge in [0.15, 0.2) is 11.6 Å². The molecule has 8 heteroatoms. The maximum atomic E-state index is 14.0. The van der Waals surface area contributed by atoms with Crippen molar-refractivity contribution in [3.05, 3.63) is 75.3 Å². The Labute approximate surface area is 216 Å². The van der Waals surface area contributed by atoms with Gasteiger partial charge in [0.2, 0.25) is 0 Å². The van der Waals surface area contributed by atoms with Gasteiger partial charge >= 0.3 is 5.97 Å². The van der Waals surface area contributed by atoms with E-state index in [1.54, 1.807) is 13.8 Å². The Hall–Kier alpha value is -2.32. The molecule has 2 aromatic rings. The Morgan fingerprint density at radius 1 is 1.28 bits per heavy atom. The van der Waals surface area contributed by atoms with E-state index in [9.17, 15) is 18.7 Å². The van der Waals surface area contributed by atoms with Crippen molar-refractivity contribution in [2.24, 2.45) is 0 Å². The second-order valence-corrected chi connectivity index (χ2v) is 9.60. The third-order valence-electron chi connectivity index (χ3n) is 6.44. The number of carbonyl (C=O) groups excluding carboxylic acids is 1. The highest BCUT2D eigenvalue weighted by Gasteiger charge is 2.27. The van der Waals surface area contributed by atoms with Crippen LogP contribution in [0, 0.1) is 18.6 Å². The molecule has 196 valence electrons. The zero-order valence-corrected chi connectivity index (χ0v) is 21.7. The van der Waals surface area contributed by atoms with Crippen molar-refractivity contribution in [1.82, 2.24) is 4.90 Å². The molecule has 1 fully saturated rings. The van der Waals surface area contributed by atoms with Gasteiger partial charge in [-0.3, -0.25) is 4.90 Å². The highest BCUT2D eigenvalue weighted by molar-refractivity contribution is 6.31. The number of carbonyl (C=O) groups is 1. The van der Waals surface area contributed by atoms with Gasteiger partial charge in [-0.1, -0.05) is 23.7 Å². The SMILES string of the molecule is CCOC(=O)/C=C/c1cc(F)c(F)cc1[C@@H](C)OC[C@H](O)CN1CCC[C@H]1Cc1ccc(C)c(Cl)c1. The number of halogens is 3. The van der Waals surface area contributed by atoms with Crippen molar-refractivity contribution < 1.29 is 28.2 Å². The van der Waals surface area contributed by atoms with Gasteiger partial charge in [0.25, 0.3) is 0 Å². The third-order valence-corrected chi connectivity index (χ3v) is 6.85. The number of ether oxygens (including phenoxy) is 2. The minimum absolute atomic E-state index is 0.0285. The highest BCUT2D eigenvalue weighted by atomic mass is 35.5. The number of hydrogen-bond donors (Lipinski definition) is 1. The molecular formula is C28H34ClF2NO4. The van der Waals surface area contributed by atoms with Crippen molar-refractivity contribution in [2.75, 3.05) is 26.3 Å². The molecular weight excluding hydrogens is 488 g/mol. The minimum Gasteiger partial charge on any atom is -0.463 e. The molecule has 1 aliphatic heterocycles. The third kappa shape index (κ3) is 7.84. The lowest BCUT2D eigenvalue weighted by Gasteiger charge is -2.27. The predicted octanol–water partition coefficient (Wildman–Crippen LogP) is 5.65. The van der Waals surface area contributed by atoms with Crippen molar-refractivity contribution >= 4 is 23.6 Å². The molecule has 1 N–H and O–H groups in total. The summed E-state index contributed by atoms with van der Waals surface area (Å²) >= 11 is 6.28. The van der Waals surface area contributed by atoms with Gasteiger partial charge in [0.05, 0.1) is 25.4 Å². The van der Waals surface area contributed by atoms with Gasteiger partial charge in [-0.25, -0.2) is 13.6 Å². The lowest BCUT2D eigenvalue weighted by molar-refractivity contribution is -0.137. The molecule has 0 spiro atoms. The van der Waals surface area contributed by atoms with Crippen molar-refractivity contribution in [3.8, 4) is 0 Å². The number of aliphatic hydroxyl groups excluding tert-OH is 1. The number of aliphatic hydroxyl groups is 1. The lowest BCUT2D eigenvalue weighted by atomic mass is 10.0. The average molecular weight is 522 g/mol. The molecule has 5 nitrogen and oxygen atoms in total. The first-order valence-corrected chi connectivity index (χ1v) is 12.7. The zero-order valence-electron chi connectivity index (χ0n) is 21.0. The summed E-state index contributed by atoms with van der Waals surface area (Å²) in [6.07, 6.45) is 4.10. The van der Waals surface area contributed by atoms with Crippen LogP contribution in [0.4, 0.5) is 8.78 Å². The molecule has 36 heavy (non-hydrogen) atoms. The Balaban J connectivity index is 1.59. The van der Waals surface area contributed by atoms with E-state index in [-0.39, 0.29) is 13.2 Å². The van der Waals surface area contributed by atoms with E-state index in [1.807, 2.05) is 19.1 Å². The molecule has 0 unspecified atom stereocenters. The van der Waals surface area contributed by atoms with Crippen LogP contribution in [0.25, 0.3) is 6.08 Å². The molecule has 3 atom stereocenters. The second-order valence-electron chi connectivity index (χ2n) is 9.19. The van der Waals surface area contributed by atoms with Crippen molar-refractivity contribution in [2.45, 2.75) is 58.3 Å². The number of aryl methyl sites for hydroxylation is 1. The number of hydrogen-bond acceptors (Lipinski definition) is 5. The van der Waals surface area contributed by atoms with Crippen LogP contribution in [0.3, 0.4) is 0 Å². The molecule has 1 aliphatic rings. The van der Waals surface area contributed by atoms with Crippen molar-refractivity contribution in [3.63, 3.8) is 0 Å². The summed E-state index contributed by atoms with van der Waals surface area (Å²) in [5.74, 6) is -2.61. The van der Waals surface area contributed by atoms with Gasteiger partial charge in [0.1, 0.15) is 0 Å². The van der Waals surface area contributed by atoms with Crippen LogP contribution in [0.1, 0.15) is 55.0 Å². The van der Waals surface area contributed by atoms with E-state index in [0.717, 1.165) is 54.6 Å². The first-order valence-electron chi connectivity index (χ1n) is 12.3. The Kier molecular flexibility index (Phi) is 10.4. The molecule has 0 amide bonds. The molecule has 1 saturated heterocycles. The van der Waals surface area contributed by atoms with E-state index in [0.29, 0.717) is 23.7 Å². The summed E-state index contributed by atoms with van der Waals surface area (Å²) in [6.45, 7) is 6.93. The molecule has 2 aromatic carbocycles. The van der Waals surface area contributed by atoms with Crippen LogP contribution in [0.5, 0.6) is 0 Å². The van der Waals surface area contributed by atoms with Crippen LogP contribution in [-0.2, 0) is 20.7 Å². The number of esters is 1. The van der Waals surface area contributed by atoms with Crippen LogP contribution < -0.4 is 0 Å². The normalized spacial score (nSPS) is 18.0. The molecule has 0 saturated carbocycles. The largest absolute Gasteiger partial charge is 0.463 e. The van der Waals surface area contributed by atoms with Crippen LogP contribution in [0.15, 0.2) is 36.4 Å². The fourth-order valence-electron chi connectivity index (χ4n) is 4.49. The smallest absolute Gasteiger partial charge is 0.330 e.